The molecule has 0 radical (unpaired) electrons. The van der Waals surface area contributed by atoms with Crippen LogP contribution in [-0.2, 0) is 6.42 Å². The highest BCUT2D eigenvalue weighted by atomic mass is 35.5. The summed E-state index contributed by atoms with van der Waals surface area (Å²) in [7, 11) is 0. The summed E-state index contributed by atoms with van der Waals surface area (Å²) < 4.78 is 0. The van der Waals surface area contributed by atoms with Crippen LogP contribution in [0.4, 0.5) is 0 Å². The van der Waals surface area contributed by atoms with Crippen LogP contribution in [-0.4, -0.2) is 6.54 Å². The Labute approximate surface area is 121 Å². The van der Waals surface area contributed by atoms with Gasteiger partial charge in [-0.2, -0.15) is 0 Å². The van der Waals surface area contributed by atoms with Gasteiger partial charge in [0.2, 0.25) is 0 Å². The standard InChI is InChI=1S/C17H24ClN/c1-16(2)9-12(16)10-19-15-14-7-13(18)6-5-11(14)8-17(15,3)4/h5-7,12,15,19H,8-10H2,1-4H3. The van der Waals surface area contributed by atoms with Gasteiger partial charge in [-0.1, -0.05) is 45.4 Å². The molecule has 19 heavy (non-hydrogen) atoms. The SMILES string of the molecule is CC1(C)CC1CNC1c2cc(Cl)ccc2CC1(C)C. The largest absolute Gasteiger partial charge is 0.309 e. The smallest absolute Gasteiger partial charge is 0.0409 e. The average Bonchev–Trinajstić information content (AvgIpc) is 2.80. The molecule has 1 nitrogen and oxygen atoms in total. The molecule has 1 N–H and O–H groups in total. The van der Waals surface area contributed by atoms with Crippen LogP contribution in [0.3, 0.4) is 0 Å². The summed E-state index contributed by atoms with van der Waals surface area (Å²) in [4.78, 5) is 0. The van der Waals surface area contributed by atoms with E-state index in [0.29, 0.717) is 11.5 Å². The van der Waals surface area contributed by atoms with E-state index in [9.17, 15) is 0 Å². The maximum atomic E-state index is 6.17. The van der Waals surface area contributed by atoms with Crippen LogP contribution >= 0.6 is 11.6 Å². The van der Waals surface area contributed by atoms with E-state index in [1.807, 2.05) is 6.07 Å². The Hall–Kier alpha value is -0.530. The van der Waals surface area contributed by atoms with Crippen molar-refractivity contribution in [1.82, 2.24) is 5.32 Å². The van der Waals surface area contributed by atoms with Gasteiger partial charge < -0.3 is 5.32 Å². The van der Waals surface area contributed by atoms with Gasteiger partial charge in [0, 0.05) is 11.1 Å². The Morgan fingerprint density at radius 2 is 1.89 bits per heavy atom. The summed E-state index contributed by atoms with van der Waals surface area (Å²) in [5.74, 6) is 0.839. The molecule has 2 unspecified atom stereocenters. The summed E-state index contributed by atoms with van der Waals surface area (Å²) in [5.41, 5.74) is 3.71. The van der Waals surface area contributed by atoms with Crippen molar-refractivity contribution in [3.63, 3.8) is 0 Å². The van der Waals surface area contributed by atoms with E-state index in [-0.39, 0.29) is 5.41 Å². The Morgan fingerprint density at radius 3 is 2.53 bits per heavy atom. The summed E-state index contributed by atoms with van der Waals surface area (Å²) in [6, 6.07) is 6.81. The molecule has 0 bridgehead atoms. The lowest BCUT2D eigenvalue weighted by molar-refractivity contribution is 0.264. The Morgan fingerprint density at radius 1 is 1.21 bits per heavy atom. The molecule has 3 rings (SSSR count). The van der Waals surface area contributed by atoms with Gasteiger partial charge in [0.05, 0.1) is 0 Å². The van der Waals surface area contributed by atoms with Crippen molar-refractivity contribution in [3.05, 3.63) is 34.3 Å². The molecule has 1 saturated carbocycles. The highest BCUT2D eigenvalue weighted by Gasteiger charge is 2.46. The average molecular weight is 278 g/mol. The third-order valence-electron chi connectivity index (χ3n) is 5.13. The maximum Gasteiger partial charge on any atom is 0.0409 e. The predicted molar refractivity (Wildman–Crippen MR) is 81.6 cm³/mol. The molecule has 1 fully saturated rings. The molecule has 2 aliphatic carbocycles. The first-order valence-corrected chi connectivity index (χ1v) is 7.69. The van der Waals surface area contributed by atoms with Gasteiger partial charge in [0.15, 0.2) is 0 Å². The molecule has 0 aromatic heterocycles. The molecule has 0 heterocycles. The fraction of sp³-hybridized carbons (Fsp3) is 0.647. The third kappa shape index (κ3) is 2.43. The van der Waals surface area contributed by atoms with Gasteiger partial charge in [0.1, 0.15) is 0 Å². The quantitative estimate of drug-likeness (QED) is 0.851. The lowest BCUT2D eigenvalue weighted by Gasteiger charge is -2.29. The van der Waals surface area contributed by atoms with Crippen molar-refractivity contribution >= 4 is 11.6 Å². The van der Waals surface area contributed by atoms with Crippen LogP contribution in [0.2, 0.25) is 5.02 Å². The van der Waals surface area contributed by atoms with Crippen molar-refractivity contribution in [2.45, 2.75) is 46.6 Å². The zero-order valence-corrected chi connectivity index (χ0v) is 13.1. The van der Waals surface area contributed by atoms with E-state index in [1.54, 1.807) is 0 Å². The lowest BCUT2D eigenvalue weighted by Crippen LogP contribution is -2.33. The van der Waals surface area contributed by atoms with Crippen molar-refractivity contribution in [3.8, 4) is 0 Å². The Balaban J connectivity index is 1.78. The molecule has 2 heteroatoms. The monoisotopic (exact) mass is 277 g/mol. The zero-order valence-electron chi connectivity index (χ0n) is 12.4. The van der Waals surface area contributed by atoms with Gasteiger partial charge >= 0.3 is 0 Å². The third-order valence-corrected chi connectivity index (χ3v) is 5.37. The molecule has 1 aromatic carbocycles. The first-order valence-electron chi connectivity index (χ1n) is 7.31. The minimum Gasteiger partial charge on any atom is -0.309 e. The second kappa shape index (κ2) is 4.23. The van der Waals surface area contributed by atoms with E-state index < -0.39 is 0 Å². The minimum atomic E-state index is 0.284. The number of benzene rings is 1. The summed E-state index contributed by atoms with van der Waals surface area (Å²) >= 11 is 6.17. The minimum absolute atomic E-state index is 0.284. The Bertz CT molecular complexity index is 504. The predicted octanol–water partition coefficient (Wildman–Crippen LogP) is 4.60. The molecular weight excluding hydrogens is 254 g/mol. The second-order valence-corrected chi connectivity index (χ2v) is 8.18. The van der Waals surface area contributed by atoms with E-state index in [4.69, 9.17) is 11.6 Å². The number of halogens is 1. The maximum absolute atomic E-state index is 6.17. The van der Waals surface area contributed by atoms with Crippen LogP contribution in [0, 0.1) is 16.7 Å². The van der Waals surface area contributed by atoms with Crippen LogP contribution in [0.25, 0.3) is 0 Å². The second-order valence-electron chi connectivity index (χ2n) is 7.74. The summed E-state index contributed by atoms with van der Waals surface area (Å²) in [6.07, 6.45) is 2.50. The van der Waals surface area contributed by atoms with Gasteiger partial charge in [-0.15, -0.1) is 0 Å². The fourth-order valence-corrected chi connectivity index (χ4v) is 3.76. The number of rotatable bonds is 3. The molecule has 104 valence electrons. The molecule has 0 spiro atoms. The summed E-state index contributed by atoms with van der Waals surface area (Å²) in [6.45, 7) is 10.6. The number of fused-ring (bicyclic) bond motifs is 1. The van der Waals surface area contributed by atoms with Crippen molar-refractivity contribution in [2.24, 2.45) is 16.7 Å². The Kier molecular flexibility index (Phi) is 3.00. The van der Waals surface area contributed by atoms with Gasteiger partial charge in [-0.3, -0.25) is 0 Å². The topological polar surface area (TPSA) is 12.0 Å². The van der Waals surface area contributed by atoms with Crippen LogP contribution in [0.5, 0.6) is 0 Å². The lowest BCUT2D eigenvalue weighted by atomic mass is 9.85. The first-order chi connectivity index (χ1) is 8.79. The molecule has 0 aliphatic heterocycles. The van der Waals surface area contributed by atoms with Crippen LogP contribution in [0.15, 0.2) is 18.2 Å². The molecule has 2 atom stereocenters. The number of hydrogen-bond acceptors (Lipinski definition) is 1. The number of hydrogen-bond donors (Lipinski definition) is 1. The first kappa shape index (κ1) is 13.5. The van der Waals surface area contributed by atoms with Gasteiger partial charge in [-0.05, 0) is 59.4 Å². The molecule has 0 amide bonds. The van der Waals surface area contributed by atoms with E-state index >= 15 is 0 Å². The summed E-state index contributed by atoms with van der Waals surface area (Å²) in [5, 5.41) is 4.67. The molecule has 0 saturated heterocycles. The molecular formula is C17H24ClN. The van der Waals surface area contributed by atoms with E-state index in [2.05, 4.69) is 45.1 Å². The van der Waals surface area contributed by atoms with Gasteiger partial charge in [0.25, 0.3) is 0 Å². The highest BCUT2D eigenvalue weighted by molar-refractivity contribution is 6.30. The van der Waals surface area contributed by atoms with Crippen molar-refractivity contribution in [2.75, 3.05) is 6.54 Å². The normalized spacial score (nSPS) is 30.2. The molecule has 1 aromatic rings. The van der Waals surface area contributed by atoms with Gasteiger partial charge in [-0.25, -0.2) is 0 Å². The molecule has 2 aliphatic rings. The fourth-order valence-electron chi connectivity index (χ4n) is 3.58. The number of nitrogens with one attached hydrogen (secondary N) is 1. The van der Waals surface area contributed by atoms with E-state index in [0.717, 1.165) is 23.9 Å². The van der Waals surface area contributed by atoms with Crippen LogP contribution in [0.1, 0.15) is 51.3 Å². The highest BCUT2D eigenvalue weighted by Crippen LogP contribution is 2.52. The van der Waals surface area contributed by atoms with Crippen molar-refractivity contribution in [1.29, 1.82) is 0 Å². The van der Waals surface area contributed by atoms with Crippen LogP contribution < -0.4 is 5.32 Å². The van der Waals surface area contributed by atoms with Crippen molar-refractivity contribution < 1.29 is 0 Å². The van der Waals surface area contributed by atoms with E-state index in [1.165, 1.54) is 17.5 Å². The zero-order chi connectivity index (χ0) is 13.8.